The zero-order valence-electron chi connectivity index (χ0n) is 10.9. The summed E-state index contributed by atoms with van der Waals surface area (Å²) in [4.78, 5) is 5.28. The maximum atomic E-state index is 5.77. The van der Waals surface area contributed by atoms with Crippen molar-refractivity contribution in [2.75, 3.05) is 39.3 Å². The first-order valence-electron chi connectivity index (χ1n) is 6.77. The fraction of sp³-hybridized carbons (Fsp3) is 1.00. The Morgan fingerprint density at radius 2 is 1.75 bits per heavy atom. The summed E-state index contributed by atoms with van der Waals surface area (Å²) >= 11 is 0. The predicted molar refractivity (Wildman–Crippen MR) is 68.5 cm³/mol. The Hall–Kier alpha value is -0.120. The third kappa shape index (κ3) is 3.44. The molecule has 0 aromatic heterocycles. The zero-order chi connectivity index (χ0) is 11.6. The minimum Gasteiger partial charge on any atom is -0.330 e. The lowest BCUT2D eigenvalue weighted by atomic mass is 9.89. The number of piperazine rings is 1. The maximum absolute atomic E-state index is 5.77. The van der Waals surface area contributed by atoms with Gasteiger partial charge in [-0.2, -0.15) is 0 Å². The quantitative estimate of drug-likeness (QED) is 0.761. The summed E-state index contributed by atoms with van der Waals surface area (Å²) in [6.45, 7) is 11.7. The van der Waals surface area contributed by atoms with Crippen LogP contribution in [0.25, 0.3) is 0 Å². The van der Waals surface area contributed by atoms with Gasteiger partial charge in [-0.05, 0) is 37.8 Å². The average molecular weight is 225 g/mol. The molecule has 2 rings (SSSR count). The fourth-order valence-electron chi connectivity index (χ4n) is 2.35. The standard InChI is InChI=1S/C13H27N3/c1-13(2,11-14)5-6-15-7-9-16(10-8-15)12-3-4-12/h12H,3-11,14H2,1-2H3. The molecule has 16 heavy (non-hydrogen) atoms. The minimum atomic E-state index is 0.313. The monoisotopic (exact) mass is 225 g/mol. The number of hydrogen-bond donors (Lipinski definition) is 1. The highest BCUT2D eigenvalue weighted by Crippen LogP contribution is 2.27. The molecule has 0 aromatic carbocycles. The Labute approximate surface area is 100.0 Å². The second kappa shape index (κ2) is 5.03. The SMILES string of the molecule is CC(C)(CN)CCN1CCN(C2CC2)CC1. The largest absolute Gasteiger partial charge is 0.330 e. The van der Waals surface area contributed by atoms with Crippen molar-refractivity contribution in [3.8, 4) is 0 Å². The molecule has 0 spiro atoms. The van der Waals surface area contributed by atoms with Crippen LogP contribution >= 0.6 is 0 Å². The van der Waals surface area contributed by atoms with Crippen molar-refractivity contribution in [3.05, 3.63) is 0 Å². The van der Waals surface area contributed by atoms with Gasteiger partial charge in [-0.25, -0.2) is 0 Å². The van der Waals surface area contributed by atoms with Crippen LogP contribution in [-0.4, -0.2) is 55.1 Å². The van der Waals surface area contributed by atoms with Crippen LogP contribution in [0.2, 0.25) is 0 Å². The van der Waals surface area contributed by atoms with Gasteiger partial charge in [0.25, 0.3) is 0 Å². The summed E-state index contributed by atoms with van der Waals surface area (Å²) in [6.07, 6.45) is 4.12. The molecule has 0 atom stereocenters. The van der Waals surface area contributed by atoms with Crippen molar-refractivity contribution in [1.82, 2.24) is 9.80 Å². The molecule has 0 unspecified atom stereocenters. The van der Waals surface area contributed by atoms with Gasteiger partial charge in [0.2, 0.25) is 0 Å². The highest BCUT2D eigenvalue weighted by molar-refractivity contribution is 4.87. The van der Waals surface area contributed by atoms with E-state index in [4.69, 9.17) is 5.73 Å². The molecular weight excluding hydrogens is 198 g/mol. The number of hydrogen-bond acceptors (Lipinski definition) is 3. The van der Waals surface area contributed by atoms with Crippen LogP contribution in [0, 0.1) is 5.41 Å². The highest BCUT2D eigenvalue weighted by Gasteiger charge is 2.31. The second-order valence-corrected chi connectivity index (χ2v) is 6.23. The zero-order valence-corrected chi connectivity index (χ0v) is 10.9. The van der Waals surface area contributed by atoms with E-state index < -0.39 is 0 Å². The van der Waals surface area contributed by atoms with Gasteiger partial charge >= 0.3 is 0 Å². The Morgan fingerprint density at radius 3 is 2.25 bits per heavy atom. The molecule has 1 aliphatic carbocycles. The van der Waals surface area contributed by atoms with Crippen molar-refractivity contribution >= 4 is 0 Å². The molecular formula is C13H27N3. The lowest BCUT2D eigenvalue weighted by Crippen LogP contribution is -2.48. The third-order valence-electron chi connectivity index (χ3n) is 4.13. The molecule has 3 nitrogen and oxygen atoms in total. The van der Waals surface area contributed by atoms with Gasteiger partial charge in [-0.15, -0.1) is 0 Å². The van der Waals surface area contributed by atoms with E-state index in [2.05, 4.69) is 23.6 Å². The van der Waals surface area contributed by atoms with Gasteiger partial charge < -0.3 is 10.6 Å². The van der Waals surface area contributed by atoms with E-state index in [9.17, 15) is 0 Å². The topological polar surface area (TPSA) is 32.5 Å². The first-order chi connectivity index (χ1) is 7.61. The van der Waals surface area contributed by atoms with E-state index in [-0.39, 0.29) is 0 Å². The van der Waals surface area contributed by atoms with Gasteiger partial charge in [0.1, 0.15) is 0 Å². The summed E-state index contributed by atoms with van der Waals surface area (Å²) < 4.78 is 0. The van der Waals surface area contributed by atoms with Gasteiger partial charge in [0.05, 0.1) is 0 Å². The van der Waals surface area contributed by atoms with E-state index in [1.807, 2.05) is 0 Å². The van der Waals surface area contributed by atoms with Crippen LogP contribution in [-0.2, 0) is 0 Å². The molecule has 94 valence electrons. The second-order valence-electron chi connectivity index (χ2n) is 6.23. The summed E-state index contributed by atoms with van der Waals surface area (Å²) in [5.74, 6) is 0. The highest BCUT2D eigenvalue weighted by atomic mass is 15.3. The van der Waals surface area contributed by atoms with E-state index in [1.165, 1.54) is 52.0 Å². The molecule has 0 bridgehead atoms. The smallest absolute Gasteiger partial charge is 0.0113 e. The van der Waals surface area contributed by atoms with Crippen molar-refractivity contribution in [3.63, 3.8) is 0 Å². The third-order valence-corrected chi connectivity index (χ3v) is 4.13. The summed E-state index contributed by atoms with van der Waals surface area (Å²) in [6, 6.07) is 0.947. The van der Waals surface area contributed by atoms with Gasteiger partial charge in [0.15, 0.2) is 0 Å². The molecule has 1 saturated heterocycles. The van der Waals surface area contributed by atoms with Crippen molar-refractivity contribution in [2.24, 2.45) is 11.1 Å². The van der Waals surface area contributed by atoms with E-state index >= 15 is 0 Å². The fourth-order valence-corrected chi connectivity index (χ4v) is 2.35. The van der Waals surface area contributed by atoms with Crippen LogP contribution < -0.4 is 5.73 Å². The minimum absolute atomic E-state index is 0.313. The first-order valence-corrected chi connectivity index (χ1v) is 6.77. The molecule has 0 aromatic rings. The summed E-state index contributed by atoms with van der Waals surface area (Å²) in [5, 5.41) is 0. The molecule has 2 aliphatic rings. The average Bonchev–Trinajstić information content (AvgIpc) is 3.11. The molecule has 3 heteroatoms. The molecule has 0 amide bonds. The van der Waals surface area contributed by atoms with Crippen LogP contribution in [0.1, 0.15) is 33.1 Å². The molecule has 2 fully saturated rings. The van der Waals surface area contributed by atoms with Crippen LogP contribution in [0.15, 0.2) is 0 Å². The number of nitrogens with two attached hydrogens (primary N) is 1. The van der Waals surface area contributed by atoms with Gasteiger partial charge in [0, 0.05) is 32.2 Å². The normalized spacial score (nSPS) is 24.9. The van der Waals surface area contributed by atoms with Crippen molar-refractivity contribution < 1.29 is 0 Å². The number of nitrogens with zero attached hydrogens (tertiary/aromatic N) is 2. The molecule has 1 aliphatic heterocycles. The Morgan fingerprint density at radius 1 is 1.12 bits per heavy atom. The molecule has 1 heterocycles. The first kappa shape index (κ1) is 12.3. The van der Waals surface area contributed by atoms with E-state index in [0.717, 1.165) is 12.6 Å². The van der Waals surface area contributed by atoms with Crippen LogP contribution in [0.5, 0.6) is 0 Å². The van der Waals surface area contributed by atoms with E-state index in [1.54, 1.807) is 0 Å². The summed E-state index contributed by atoms with van der Waals surface area (Å²) in [7, 11) is 0. The number of rotatable bonds is 5. The summed E-state index contributed by atoms with van der Waals surface area (Å²) in [5.41, 5.74) is 6.08. The Bertz CT molecular complexity index is 215. The predicted octanol–water partition coefficient (Wildman–Crippen LogP) is 1.14. The Kier molecular flexibility index (Phi) is 3.88. The van der Waals surface area contributed by atoms with Crippen LogP contribution in [0.4, 0.5) is 0 Å². The van der Waals surface area contributed by atoms with Gasteiger partial charge in [-0.3, -0.25) is 4.90 Å². The molecule has 0 radical (unpaired) electrons. The Balaban J connectivity index is 1.65. The lowest BCUT2D eigenvalue weighted by Gasteiger charge is -2.36. The van der Waals surface area contributed by atoms with Crippen LogP contribution in [0.3, 0.4) is 0 Å². The van der Waals surface area contributed by atoms with Gasteiger partial charge in [-0.1, -0.05) is 13.8 Å². The molecule has 2 N–H and O–H groups in total. The van der Waals surface area contributed by atoms with Crippen molar-refractivity contribution in [1.29, 1.82) is 0 Å². The van der Waals surface area contributed by atoms with E-state index in [0.29, 0.717) is 5.41 Å². The maximum Gasteiger partial charge on any atom is 0.0113 e. The lowest BCUT2D eigenvalue weighted by molar-refractivity contribution is 0.115. The van der Waals surface area contributed by atoms with Crippen molar-refractivity contribution in [2.45, 2.75) is 39.2 Å². The molecule has 1 saturated carbocycles.